The normalized spacial score (nSPS) is 10.7. The van der Waals surface area contributed by atoms with Gasteiger partial charge in [0.15, 0.2) is 0 Å². The number of phosphoric ester groups is 1. The number of rotatable bonds is 20. The molecule has 0 aliphatic rings. The molecule has 5 nitrogen and oxygen atoms in total. The van der Waals surface area contributed by atoms with Crippen LogP contribution in [0.1, 0.15) is 115 Å². The van der Waals surface area contributed by atoms with E-state index in [9.17, 15) is 14.4 Å². The summed E-state index contributed by atoms with van der Waals surface area (Å²) in [6, 6.07) is 19.9. The predicted molar refractivity (Wildman–Crippen MR) is 167 cm³/mol. The van der Waals surface area contributed by atoms with Crippen molar-refractivity contribution in [1.82, 2.24) is 0 Å². The summed E-state index contributed by atoms with van der Waals surface area (Å²) < 4.78 is 14.4. The van der Waals surface area contributed by atoms with Crippen LogP contribution in [0.25, 0.3) is 0 Å². The summed E-state index contributed by atoms with van der Waals surface area (Å²) in [4.78, 5) is 21.2. The first-order chi connectivity index (χ1) is 18.4. The van der Waals surface area contributed by atoms with Crippen molar-refractivity contribution in [3.05, 3.63) is 66.2 Å². The molecule has 0 amide bonds. The Bertz CT molecular complexity index is 867. The van der Waals surface area contributed by atoms with E-state index in [-0.39, 0.29) is 33.9 Å². The molecule has 0 atom stereocenters. The molecule has 0 bridgehead atoms. The van der Waals surface area contributed by atoms with Gasteiger partial charge in [-0.3, -0.25) is 0 Å². The third kappa shape index (κ3) is 24.8. The van der Waals surface area contributed by atoms with Crippen molar-refractivity contribution >= 4 is 58.0 Å². The first-order valence-electron chi connectivity index (χ1n) is 14.5. The topological polar surface area (TPSA) is 84.5 Å². The molecule has 0 spiro atoms. The van der Waals surface area contributed by atoms with E-state index in [0.29, 0.717) is 6.42 Å². The van der Waals surface area contributed by atoms with Crippen LogP contribution < -0.4 is 15.1 Å². The van der Waals surface area contributed by atoms with E-state index in [4.69, 9.17) is 12.2 Å². The Balaban J connectivity index is 0.000000776. The number of anilines is 1. The van der Waals surface area contributed by atoms with Gasteiger partial charge in [0.1, 0.15) is 4.99 Å². The molecule has 216 valence electrons. The minimum absolute atomic E-state index is 0. The smallest absolute Gasteiger partial charge is 0.790 e. The van der Waals surface area contributed by atoms with Crippen LogP contribution in [0.5, 0.6) is 0 Å². The van der Waals surface area contributed by atoms with Crippen LogP contribution in [0, 0.1) is 0 Å². The molecular weight excluding hydrogens is 721 g/mol. The second-order valence-electron chi connectivity index (χ2n) is 9.77. The van der Waals surface area contributed by atoms with Gasteiger partial charge in [-0.2, -0.15) is 0 Å². The monoisotopic (exact) mass is 769 g/mol. The van der Waals surface area contributed by atoms with E-state index in [1.54, 1.807) is 0 Å². The number of thiocarbonyl (C=S) groups is 1. The van der Waals surface area contributed by atoms with Gasteiger partial charge in [0, 0.05) is 11.3 Å². The molecule has 0 unspecified atom stereocenters. The average Bonchev–Trinajstić information content (AvgIpc) is 2.91. The molecule has 39 heavy (non-hydrogen) atoms. The van der Waals surface area contributed by atoms with E-state index < -0.39 is 7.82 Å². The second kappa shape index (κ2) is 26.3. The number of hydrogen-bond acceptors (Lipinski definition) is 5. The zero-order valence-electron chi connectivity index (χ0n) is 23.8. The van der Waals surface area contributed by atoms with Crippen molar-refractivity contribution in [1.29, 1.82) is 0 Å². The van der Waals surface area contributed by atoms with Crippen LogP contribution in [0.3, 0.4) is 0 Å². The van der Waals surface area contributed by atoms with Crippen molar-refractivity contribution in [2.45, 2.75) is 110 Å². The summed E-state index contributed by atoms with van der Waals surface area (Å²) in [5, 5.41) is 3.19. The fraction of sp³-hybridized carbons (Fsp3) is 0.581. The second-order valence-corrected chi connectivity index (χ2v) is 11.3. The molecule has 1 N–H and O–H groups in total. The molecular formula is C31H48NO4PPbS. The average molecular weight is 769 g/mol. The van der Waals surface area contributed by atoms with Crippen molar-refractivity contribution < 1.29 is 18.9 Å². The number of benzene rings is 2. The Morgan fingerprint density at radius 2 is 1.08 bits per heavy atom. The fourth-order valence-corrected chi connectivity index (χ4v) is 4.75. The zero-order valence-corrected chi connectivity index (χ0v) is 29.4. The largest absolute Gasteiger partial charge is 2.00 e. The molecule has 0 heterocycles. The molecule has 0 fully saturated rings. The van der Waals surface area contributed by atoms with Crippen molar-refractivity contribution in [2.24, 2.45) is 0 Å². The summed E-state index contributed by atoms with van der Waals surface area (Å²) in [5.74, 6) is 0. The first kappa shape index (κ1) is 38.4. The van der Waals surface area contributed by atoms with Crippen LogP contribution in [-0.2, 0) is 9.09 Å². The van der Waals surface area contributed by atoms with Gasteiger partial charge < -0.3 is 24.2 Å². The van der Waals surface area contributed by atoms with Crippen molar-refractivity contribution in [3.63, 3.8) is 0 Å². The Morgan fingerprint density at radius 1 is 0.692 bits per heavy atom. The molecule has 8 heteroatoms. The summed E-state index contributed by atoms with van der Waals surface area (Å²) in [5.41, 5.74) is 2.06. The Kier molecular flexibility index (Phi) is 25.8. The Labute approximate surface area is 263 Å². The molecule has 2 radical (unpaired) electrons. The van der Waals surface area contributed by atoms with Gasteiger partial charge in [-0.15, -0.1) is 0 Å². The minimum atomic E-state index is -4.76. The molecule has 0 saturated heterocycles. The molecule has 0 aliphatic heterocycles. The number of para-hydroxylation sites is 1. The predicted octanol–water partition coefficient (Wildman–Crippen LogP) is 8.19. The van der Waals surface area contributed by atoms with Crippen molar-refractivity contribution in [2.75, 3.05) is 11.9 Å². The standard InChI is InChI=1S/C18H39O4P.C13H11NS.Pb/c1-2-3-4-5-6-7-8-9-10-11-12-13-14-15-16-17-18-22-23(19,20)21;15-13(11-7-3-1-4-8-11)14-12-9-5-2-6-10-12;/h2-18H2,1H3,(H2,19,20,21);1-10H,(H,14,15);/q;;+2/p-2. The maximum absolute atomic E-state index is 10.2. The summed E-state index contributed by atoms with van der Waals surface area (Å²) >= 11 is 5.29. The molecule has 2 rings (SSSR count). The van der Waals surface area contributed by atoms with E-state index >= 15 is 0 Å². The number of unbranched alkanes of at least 4 members (excludes halogenated alkanes) is 15. The summed E-state index contributed by atoms with van der Waals surface area (Å²) in [6.45, 7) is 2.30. The Morgan fingerprint density at radius 3 is 1.49 bits per heavy atom. The third-order valence-electron chi connectivity index (χ3n) is 6.31. The zero-order chi connectivity index (χ0) is 27.7. The van der Waals surface area contributed by atoms with Gasteiger partial charge in [-0.05, 0) is 18.6 Å². The van der Waals surface area contributed by atoms with Crippen LogP contribution >= 0.6 is 20.0 Å². The van der Waals surface area contributed by atoms with Gasteiger partial charge >= 0.3 is 27.3 Å². The summed E-state index contributed by atoms with van der Waals surface area (Å²) in [7, 11) is -4.76. The van der Waals surface area contributed by atoms with E-state index in [0.717, 1.165) is 29.1 Å². The fourth-order valence-electron chi connectivity index (χ4n) is 4.14. The Hall–Kier alpha value is -0.638. The first-order valence-corrected chi connectivity index (χ1v) is 16.4. The van der Waals surface area contributed by atoms with Crippen LogP contribution in [0.2, 0.25) is 0 Å². The van der Waals surface area contributed by atoms with Gasteiger partial charge in [0.25, 0.3) is 0 Å². The van der Waals surface area contributed by atoms with Crippen LogP contribution in [-0.4, -0.2) is 38.9 Å². The van der Waals surface area contributed by atoms with Crippen LogP contribution in [0.15, 0.2) is 60.7 Å². The van der Waals surface area contributed by atoms with Crippen molar-refractivity contribution in [3.8, 4) is 0 Å². The maximum atomic E-state index is 10.2. The number of hydrogen-bond donors (Lipinski definition) is 1. The molecule has 0 aromatic heterocycles. The third-order valence-corrected chi connectivity index (χ3v) is 7.15. The van der Waals surface area contributed by atoms with Crippen LogP contribution in [0.4, 0.5) is 5.69 Å². The minimum Gasteiger partial charge on any atom is -0.790 e. The van der Waals surface area contributed by atoms with Gasteiger partial charge in [-0.1, -0.05) is 164 Å². The maximum Gasteiger partial charge on any atom is 2.00 e. The number of phosphoric acid groups is 1. The summed E-state index contributed by atoms with van der Waals surface area (Å²) in [6.07, 6.45) is 20.3. The SMILES string of the molecule is CCCCCCCCCCCCCCCCCCOP(=O)([O-])[O-].S=C(Nc1ccccc1)c1ccccc1.[Pb+2]. The quantitative estimate of drug-likeness (QED) is 0.0634. The van der Waals surface area contributed by atoms with Gasteiger partial charge in [0.2, 0.25) is 0 Å². The van der Waals surface area contributed by atoms with E-state index in [2.05, 4.69) is 16.8 Å². The van der Waals surface area contributed by atoms with Gasteiger partial charge in [0.05, 0.1) is 14.4 Å². The molecule has 2 aromatic carbocycles. The molecule has 2 aromatic rings. The van der Waals surface area contributed by atoms with E-state index in [1.165, 1.54) is 83.5 Å². The molecule has 0 aliphatic carbocycles. The van der Waals surface area contributed by atoms with Gasteiger partial charge in [-0.25, -0.2) is 0 Å². The van der Waals surface area contributed by atoms with E-state index in [1.807, 2.05) is 60.7 Å². The number of nitrogens with one attached hydrogen (secondary N) is 1. The molecule has 0 saturated carbocycles.